The first-order chi connectivity index (χ1) is 11.4. The summed E-state index contributed by atoms with van der Waals surface area (Å²) < 4.78 is 0. The zero-order chi connectivity index (χ0) is 17.5. The number of rotatable bonds is 0. The summed E-state index contributed by atoms with van der Waals surface area (Å²) in [5, 5.41) is 29.5. The molecule has 1 atom stereocenters. The first-order valence-electron chi connectivity index (χ1n) is 8.57. The van der Waals surface area contributed by atoms with Crippen molar-refractivity contribution in [3.05, 3.63) is 22.9 Å². The van der Waals surface area contributed by atoms with E-state index in [4.69, 9.17) is 5.73 Å². The molecule has 0 bridgehead atoms. The normalized spacial score (nSPS) is 35.4. The van der Waals surface area contributed by atoms with Crippen LogP contribution in [0.1, 0.15) is 32.6 Å². The van der Waals surface area contributed by atoms with Gasteiger partial charge in [0.15, 0.2) is 0 Å². The molecule has 0 amide bonds. The SMILES string of the molecule is CC1CCC2(CC1)C(C#N)=C(N)C(C#N)(C#N)C1=CCN(C)CC12. The second-order valence-electron chi connectivity index (χ2n) is 7.65. The Labute approximate surface area is 143 Å². The van der Waals surface area contributed by atoms with Crippen molar-refractivity contribution in [1.82, 2.24) is 4.90 Å². The van der Waals surface area contributed by atoms with Crippen molar-refractivity contribution in [2.45, 2.75) is 32.6 Å². The van der Waals surface area contributed by atoms with Gasteiger partial charge in [-0.1, -0.05) is 13.0 Å². The van der Waals surface area contributed by atoms with Crippen LogP contribution in [-0.2, 0) is 0 Å². The molecule has 5 nitrogen and oxygen atoms in total. The fraction of sp³-hybridized carbons (Fsp3) is 0.632. The van der Waals surface area contributed by atoms with Crippen molar-refractivity contribution in [2.24, 2.45) is 28.4 Å². The Bertz CT molecular complexity index is 717. The summed E-state index contributed by atoms with van der Waals surface area (Å²) in [6.07, 6.45) is 5.92. The molecule has 0 aromatic heterocycles. The molecule has 3 aliphatic rings. The predicted molar refractivity (Wildman–Crippen MR) is 89.6 cm³/mol. The molecule has 2 aliphatic carbocycles. The lowest BCUT2D eigenvalue weighted by molar-refractivity contribution is 0.0914. The summed E-state index contributed by atoms with van der Waals surface area (Å²) in [5.74, 6) is 0.661. The van der Waals surface area contributed by atoms with Crippen LogP contribution in [0.3, 0.4) is 0 Å². The lowest BCUT2D eigenvalue weighted by Gasteiger charge is -2.53. The van der Waals surface area contributed by atoms with E-state index in [9.17, 15) is 15.8 Å². The van der Waals surface area contributed by atoms with Crippen LogP contribution in [-0.4, -0.2) is 25.0 Å². The Morgan fingerprint density at radius 2 is 1.83 bits per heavy atom. The van der Waals surface area contributed by atoms with E-state index in [0.717, 1.165) is 37.8 Å². The Balaban J connectivity index is 2.28. The van der Waals surface area contributed by atoms with E-state index >= 15 is 0 Å². The van der Waals surface area contributed by atoms with Gasteiger partial charge < -0.3 is 10.6 Å². The van der Waals surface area contributed by atoms with E-state index in [2.05, 4.69) is 30.0 Å². The molecule has 0 saturated heterocycles. The average Bonchev–Trinajstić information content (AvgIpc) is 2.59. The van der Waals surface area contributed by atoms with Crippen molar-refractivity contribution in [1.29, 1.82) is 15.8 Å². The van der Waals surface area contributed by atoms with E-state index < -0.39 is 5.41 Å². The van der Waals surface area contributed by atoms with Gasteiger partial charge in [0.1, 0.15) is 0 Å². The monoisotopic (exact) mass is 321 g/mol. The lowest BCUT2D eigenvalue weighted by Crippen LogP contribution is -2.53. The average molecular weight is 321 g/mol. The second-order valence-corrected chi connectivity index (χ2v) is 7.65. The largest absolute Gasteiger partial charge is 0.399 e. The highest BCUT2D eigenvalue weighted by Crippen LogP contribution is 2.60. The molecule has 0 aromatic rings. The van der Waals surface area contributed by atoms with Crippen molar-refractivity contribution < 1.29 is 0 Å². The van der Waals surface area contributed by atoms with Crippen molar-refractivity contribution in [3.63, 3.8) is 0 Å². The predicted octanol–water partition coefficient (Wildman–Crippen LogP) is 2.45. The van der Waals surface area contributed by atoms with Crippen molar-refractivity contribution in [3.8, 4) is 18.2 Å². The third-order valence-electron chi connectivity index (χ3n) is 6.38. The maximum atomic E-state index is 9.88. The molecule has 1 heterocycles. The number of fused-ring (bicyclic) bond motifs is 2. The van der Waals surface area contributed by atoms with Crippen LogP contribution in [0.4, 0.5) is 0 Å². The van der Waals surface area contributed by atoms with Gasteiger partial charge in [-0.3, -0.25) is 0 Å². The summed E-state index contributed by atoms with van der Waals surface area (Å²) >= 11 is 0. The first kappa shape index (κ1) is 16.6. The van der Waals surface area contributed by atoms with Gasteiger partial charge in [0.05, 0.1) is 29.5 Å². The Morgan fingerprint density at radius 1 is 1.21 bits per heavy atom. The topological polar surface area (TPSA) is 101 Å². The minimum absolute atomic E-state index is 0.0185. The molecule has 5 heteroatoms. The summed E-state index contributed by atoms with van der Waals surface area (Å²) in [7, 11) is 2.04. The van der Waals surface area contributed by atoms with Crippen LogP contribution in [0.15, 0.2) is 22.9 Å². The number of nitrogens with zero attached hydrogens (tertiary/aromatic N) is 4. The zero-order valence-electron chi connectivity index (χ0n) is 14.3. The molecule has 1 unspecified atom stereocenters. The highest BCUT2D eigenvalue weighted by Gasteiger charge is 2.58. The van der Waals surface area contributed by atoms with Gasteiger partial charge in [0, 0.05) is 24.4 Å². The fourth-order valence-electron chi connectivity index (χ4n) is 4.88. The maximum Gasteiger partial charge on any atom is 0.204 e. The molecule has 2 N–H and O–H groups in total. The third kappa shape index (κ3) is 2.00. The standard InChI is InChI=1S/C19H23N5/c1-13-3-6-18(7-4-13)15(9-20)17(23)19(11-21,12-22)14-5-8-24(2)10-16(14)18/h5,13,16H,3-4,6-8,10,23H2,1-2H3. The fourth-order valence-corrected chi connectivity index (χ4v) is 4.88. The Kier molecular flexibility index (Phi) is 3.90. The highest BCUT2D eigenvalue weighted by atomic mass is 15.1. The van der Waals surface area contributed by atoms with E-state index in [0.29, 0.717) is 18.0 Å². The quantitative estimate of drug-likeness (QED) is 0.691. The molecule has 24 heavy (non-hydrogen) atoms. The van der Waals surface area contributed by atoms with E-state index in [1.807, 2.05) is 13.1 Å². The van der Waals surface area contributed by atoms with E-state index in [-0.39, 0.29) is 17.0 Å². The molecular formula is C19H23N5. The number of likely N-dealkylation sites (N-methyl/N-ethyl adjacent to an activating group) is 1. The molecule has 1 spiro atoms. The molecular weight excluding hydrogens is 298 g/mol. The second kappa shape index (κ2) is 5.66. The van der Waals surface area contributed by atoms with Gasteiger partial charge >= 0.3 is 0 Å². The minimum Gasteiger partial charge on any atom is -0.399 e. The van der Waals surface area contributed by atoms with Gasteiger partial charge in [0.2, 0.25) is 5.41 Å². The highest BCUT2D eigenvalue weighted by molar-refractivity contribution is 5.57. The van der Waals surface area contributed by atoms with Gasteiger partial charge in [0.25, 0.3) is 0 Å². The third-order valence-corrected chi connectivity index (χ3v) is 6.38. The summed E-state index contributed by atoms with van der Waals surface area (Å²) in [5.41, 5.74) is 6.03. The number of hydrogen-bond donors (Lipinski definition) is 1. The van der Waals surface area contributed by atoms with Gasteiger partial charge in [-0.05, 0) is 44.2 Å². The van der Waals surface area contributed by atoms with Gasteiger partial charge in [-0.15, -0.1) is 0 Å². The number of allylic oxidation sites excluding steroid dienone is 2. The van der Waals surface area contributed by atoms with Gasteiger partial charge in [-0.2, -0.15) is 15.8 Å². The van der Waals surface area contributed by atoms with Crippen LogP contribution in [0.2, 0.25) is 0 Å². The van der Waals surface area contributed by atoms with Crippen LogP contribution >= 0.6 is 0 Å². The lowest BCUT2D eigenvalue weighted by atomic mass is 9.50. The molecule has 1 fully saturated rings. The number of nitrogens with two attached hydrogens (primary N) is 1. The van der Waals surface area contributed by atoms with E-state index in [1.54, 1.807) is 0 Å². The van der Waals surface area contributed by atoms with Crippen LogP contribution in [0, 0.1) is 56.7 Å². The molecule has 1 aliphatic heterocycles. The number of nitriles is 3. The zero-order valence-corrected chi connectivity index (χ0v) is 14.3. The Morgan fingerprint density at radius 3 is 2.38 bits per heavy atom. The summed E-state index contributed by atoms with van der Waals surface area (Å²) in [6, 6.07) is 6.60. The van der Waals surface area contributed by atoms with Crippen molar-refractivity contribution in [2.75, 3.05) is 20.1 Å². The molecule has 1 saturated carbocycles. The van der Waals surface area contributed by atoms with Crippen LogP contribution in [0.5, 0.6) is 0 Å². The first-order valence-corrected chi connectivity index (χ1v) is 8.57. The summed E-state index contributed by atoms with van der Waals surface area (Å²) in [6.45, 7) is 3.72. The smallest absolute Gasteiger partial charge is 0.204 e. The van der Waals surface area contributed by atoms with Gasteiger partial charge in [-0.25, -0.2) is 0 Å². The Hall–Kier alpha value is -2.29. The van der Waals surface area contributed by atoms with Crippen molar-refractivity contribution >= 4 is 0 Å². The van der Waals surface area contributed by atoms with Crippen LogP contribution in [0.25, 0.3) is 0 Å². The molecule has 0 radical (unpaired) electrons. The maximum absolute atomic E-state index is 9.88. The molecule has 3 rings (SSSR count). The molecule has 124 valence electrons. The van der Waals surface area contributed by atoms with Crippen LogP contribution < -0.4 is 5.73 Å². The molecule has 0 aromatic carbocycles. The van der Waals surface area contributed by atoms with E-state index in [1.165, 1.54) is 0 Å². The number of hydrogen-bond acceptors (Lipinski definition) is 5. The minimum atomic E-state index is -1.48. The summed E-state index contributed by atoms with van der Waals surface area (Å²) in [4.78, 5) is 2.20.